The lowest BCUT2D eigenvalue weighted by Crippen LogP contribution is -2.47. The zero-order valence-corrected chi connectivity index (χ0v) is 10.3. The topological polar surface area (TPSA) is 72.9 Å². The van der Waals surface area contributed by atoms with Crippen LogP contribution in [0, 0.1) is 13.8 Å². The molecule has 1 atom stereocenters. The summed E-state index contributed by atoms with van der Waals surface area (Å²) in [6.45, 7) is 8.34. The van der Waals surface area contributed by atoms with Gasteiger partial charge in [-0.1, -0.05) is 13.8 Å². The fourth-order valence-corrected chi connectivity index (χ4v) is 1.66. The molecule has 1 aromatic heterocycles. The van der Waals surface area contributed by atoms with E-state index in [1.165, 1.54) is 0 Å². The Bertz CT molecular complexity index is 370. The van der Waals surface area contributed by atoms with Gasteiger partial charge in [-0.05, 0) is 19.9 Å². The second-order valence-electron chi connectivity index (χ2n) is 4.39. The van der Waals surface area contributed by atoms with Gasteiger partial charge in [0.05, 0.1) is 12.2 Å². The van der Waals surface area contributed by atoms with Crippen LogP contribution in [0.15, 0.2) is 6.07 Å². The number of nitrogens with zero attached hydrogens (tertiary/aromatic N) is 2. The van der Waals surface area contributed by atoms with Crippen LogP contribution in [0.2, 0.25) is 0 Å². The summed E-state index contributed by atoms with van der Waals surface area (Å²) in [6, 6.07) is 1.82. The first kappa shape index (κ1) is 12.7. The van der Waals surface area contributed by atoms with Gasteiger partial charge in [0, 0.05) is 11.7 Å². The summed E-state index contributed by atoms with van der Waals surface area (Å²) in [5.41, 5.74) is 7.33. The molecule has 1 heterocycles. The molecule has 0 saturated heterocycles. The SMILES string of the molecule is Cc1cc(C)n(CC(NC(C)C)C(N)=O)n1. The number of aryl methyl sites for hydroxylation is 2. The zero-order chi connectivity index (χ0) is 12.3. The quantitative estimate of drug-likeness (QED) is 0.758. The predicted molar refractivity (Wildman–Crippen MR) is 63.0 cm³/mol. The van der Waals surface area contributed by atoms with E-state index in [0.717, 1.165) is 11.4 Å². The Balaban J connectivity index is 2.75. The van der Waals surface area contributed by atoms with E-state index < -0.39 is 0 Å². The van der Waals surface area contributed by atoms with E-state index in [4.69, 9.17) is 5.73 Å². The Labute approximate surface area is 96.0 Å². The number of nitrogens with two attached hydrogens (primary N) is 1. The fraction of sp³-hybridized carbons (Fsp3) is 0.636. The van der Waals surface area contributed by atoms with Gasteiger partial charge in [-0.25, -0.2) is 0 Å². The molecule has 0 aromatic carbocycles. The fourth-order valence-electron chi connectivity index (χ4n) is 1.66. The van der Waals surface area contributed by atoms with Gasteiger partial charge in [0.15, 0.2) is 0 Å². The first-order valence-corrected chi connectivity index (χ1v) is 5.46. The lowest BCUT2D eigenvalue weighted by molar-refractivity contribution is -0.120. The number of nitrogens with one attached hydrogen (secondary N) is 1. The maximum Gasteiger partial charge on any atom is 0.236 e. The molecule has 0 aliphatic heterocycles. The van der Waals surface area contributed by atoms with Crippen LogP contribution in [0.25, 0.3) is 0 Å². The number of hydrogen-bond acceptors (Lipinski definition) is 3. The van der Waals surface area contributed by atoms with Gasteiger partial charge < -0.3 is 11.1 Å². The maximum atomic E-state index is 11.3. The number of aromatic nitrogens is 2. The number of hydrogen-bond donors (Lipinski definition) is 2. The average Bonchev–Trinajstić information content (AvgIpc) is 2.43. The van der Waals surface area contributed by atoms with Crippen molar-refractivity contribution in [2.75, 3.05) is 0 Å². The third-order valence-electron chi connectivity index (χ3n) is 2.34. The van der Waals surface area contributed by atoms with Crippen LogP contribution < -0.4 is 11.1 Å². The van der Waals surface area contributed by atoms with Gasteiger partial charge in [0.1, 0.15) is 6.04 Å². The molecule has 0 spiro atoms. The number of carbonyl (C=O) groups excluding carboxylic acids is 1. The molecule has 90 valence electrons. The average molecular weight is 224 g/mol. The molecule has 5 heteroatoms. The van der Waals surface area contributed by atoms with E-state index in [-0.39, 0.29) is 18.0 Å². The first-order chi connectivity index (χ1) is 7.40. The Kier molecular flexibility index (Phi) is 4.06. The highest BCUT2D eigenvalue weighted by Crippen LogP contribution is 2.03. The highest BCUT2D eigenvalue weighted by atomic mass is 16.1. The molecule has 0 saturated carbocycles. The van der Waals surface area contributed by atoms with E-state index in [0.29, 0.717) is 6.54 Å². The van der Waals surface area contributed by atoms with Gasteiger partial charge in [0.25, 0.3) is 0 Å². The Morgan fingerprint density at radius 3 is 2.56 bits per heavy atom. The van der Waals surface area contributed by atoms with Crippen LogP contribution in [0.4, 0.5) is 0 Å². The van der Waals surface area contributed by atoms with Crippen molar-refractivity contribution in [2.45, 2.75) is 46.3 Å². The number of primary amides is 1. The minimum absolute atomic E-state index is 0.217. The van der Waals surface area contributed by atoms with E-state index >= 15 is 0 Å². The molecule has 0 aliphatic carbocycles. The highest BCUT2D eigenvalue weighted by Gasteiger charge is 2.17. The molecule has 0 bridgehead atoms. The molecule has 1 unspecified atom stereocenters. The minimum atomic E-state index is -0.377. The van der Waals surface area contributed by atoms with Crippen molar-refractivity contribution in [1.82, 2.24) is 15.1 Å². The van der Waals surface area contributed by atoms with Crippen molar-refractivity contribution >= 4 is 5.91 Å². The first-order valence-electron chi connectivity index (χ1n) is 5.46. The summed E-state index contributed by atoms with van der Waals surface area (Å²) < 4.78 is 1.81. The monoisotopic (exact) mass is 224 g/mol. The van der Waals surface area contributed by atoms with Crippen molar-refractivity contribution < 1.29 is 4.79 Å². The van der Waals surface area contributed by atoms with Gasteiger partial charge in [-0.2, -0.15) is 5.10 Å². The van der Waals surface area contributed by atoms with E-state index in [2.05, 4.69) is 10.4 Å². The van der Waals surface area contributed by atoms with Gasteiger partial charge in [0.2, 0.25) is 5.91 Å². The molecule has 0 radical (unpaired) electrons. The molecule has 3 N–H and O–H groups in total. The Morgan fingerprint density at radius 1 is 1.56 bits per heavy atom. The molecule has 0 aliphatic rings. The van der Waals surface area contributed by atoms with Crippen LogP contribution >= 0.6 is 0 Å². The molecule has 16 heavy (non-hydrogen) atoms. The smallest absolute Gasteiger partial charge is 0.236 e. The second kappa shape index (κ2) is 5.12. The van der Waals surface area contributed by atoms with Crippen molar-refractivity contribution in [3.8, 4) is 0 Å². The molecular weight excluding hydrogens is 204 g/mol. The summed E-state index contributed by atoms with van der Waals surface area (Å²) in [5, 5.41) is 7.44. The van der Waals surface area contributed by atoms with E-state index in [1.807, 2.05) is 33.8 Å². The van der Waals surface area contributed by atoms with E-state index in [9.17, 15) is 4.79 Å². The summed E-state index contributed by atoms with van der Waals surface area (Å²) in [5.74, 6) is -0.346. The Morgan fingerprint density at radius 2 is 2.19 bits per heavy atom. The highest BCUT2D eigenvalue weighted by molar-refractivity contribution is 5.79. The van der Waals surface area contributed by atoms with Gasteiger partial charge in [-0.15, -0.1) is 0 Å². The standard InChI is InChI=1S/C11H20N4O/c1-7(2)13-10(11(12)16)6-15-9(4)5-8(3)14-15/h5,7,10,13H,6H2,1-4H3,(H2,12,16). The van der Waals surface area contributed by atoms with Crippen LogP contribution in [0.3, 0.4) is 0 Å². The van der Waals surface area contributed by atoms with Crippen LogP contribution in [0.1, 0.15) is 25.2 Å². The molecule has 0 fully saturated rings. The zero-order valence-electron chi connectivity index (χ0n) is 10.3. The molecule has 1 aromatic rings. The lowest BCUT2D eigenvalue weighted by atomic mass is 10.2. The Hall–Kier alpha value is -1.36. The van der Waals surface area contributed by atoms with Crippen molar-refractivity contribution in [3.63, 3.8) is 0 Å². The normalized spacial score (nSPS) is 13.1. The second-order valence-corrected chi connectivity index (χ2v) is 4.39. The summed E-state index contributed by atoms with van der Waals surface area (Å²) in [6.07, 6.45) is 0. The van der Waals surface area contributed by atoms with Crippen molar-refractivity contribution in [1.29, 1.82) is 0 Å². The number of carbonyl (C=O) groups is 1. The lowest BCUT2D eigenvalue weighted by Gasteiger charge is -2.18. The maximum absolute atomic E-state index is 11.3. The van der Waals surface area contributed by atoms with Gasteiger partial charge >= 0.3 is 0 Å². The van der Waals surface area contributed by atoms with Crippen molar-refractivity contribution in [2.24, 2.45) is 5.73 Å². The van der Waals surface area contributed by atoms with Gasteiger partial charge in [-0.3, -0.25) is 9.48 Å². The number of amides is 1. The third kappa shape index (κ3) is 3.34. The summed E-state index contributed by atoms with van der Waals surface area (Å²) >= 11 is 0. The third-order valence-corrected chi connectivity index (χ3v) is 2.34. The largest absolute Gasteiger partial charge is 0.368 e. The van der Waals surface area contributed by atoms with Crippen LogP contribution in [-0.4, -0.2) is 27.8 Å². The minimum Gasteiger partial charge on any atom is -0.368 e. The molecule has 1 amide bonds. The predicted octanol–water partition coefficient (Wildman–Crippen LogP) is 0.352. The van der Waals surface area contributed by atoms with E-state index in [1.54, 1.807) is 4.68 Å². The molecular formula is C11H20N4O. The summed E-state index contributed by atoms with van der Waals surface area (Å²) in [7, 11) is 0. The van der Waals surface area contributed by atoms with Crippen molar-refractivity contribution in [3.05, 3.63) is 17.5 Å². The van der Waals surface area contributed by atoms with Crippen LogP contribution in [-0.2, 0) is 11.3 Å². The number of rotatable bonds is 5. The summed E-state index contributed by atoms with van der Waals surface area (Å²) in [4.78, 5) is 11.3. The van der Waals surface area contributed by atoms with Crippen LogP contribution in [0.5, 0.6) is 0 Å². The molecule has 5 nitrogen and oxygen atoms in total. The molecule has 1 rings (SSSR count).